The van der Waals surface area contributed by atoms with Crippen molar-refractivity contribution in [1.29, 1.82) is 0 Å². The summed E-state index contributed by atoms with van der Waals surface area (Å²) >= 11 is 3.52. The van der Waals surface area contributed by atoms with Crippen LogP contribution in [0.3, 0.4) is 0 Å². The molecule has 198 valence electrons. The van der Waals surface area contributed by atoms with Gasteiger partial charge in [-0.3, -0.25) is 9.69 Å². The molecule has 0 amide bonds. The zero-order valence-corrected chi connectivity index (χ0v) is 23.1. The highest BCUT2D eigenvalue weighted by Gasteiger charge is 2.21. The number of benzene rings is 2. The van der Waals surface area contributed by atoms with Crippen LogP contribution in [0.4, 0.5) is 11.5 Å². The highest BCUT2D eigenvalue weighted by atomic mass is 79.9. The van der Waals surface area contributed by atoms with Crippen molar-refractivity contribution >= 4 is 44.3 Å². The number of carbonyl (C=O) groups excluding carboxylic acids is 1. The van der Waals surface area contributed by atoms with E-state index in [1.165, 1.54) is 0 Å². The van der Waals surface area contributed by atoms with E-state index in [1.807, 2.05) is 50.2 Å². The van der Waals surface area contributed by atoms with E-state index in [2.05, 4.69) is 36.1 Å². The summed E-state index contributed by atoms with van der Waals surface area (Å²) in [6.45, 7) is 7.67. The van der Waals surface area contributed by atoms with Crippen LogP contribution in [0.1, 0.15) is 39.5 Å². The minimum Gasteiger partial charge on any atom is -0.490 e. The predicted molar refractivity (Wildman–Crippen MR) is 149 cm³/mol. The lowest BCUT2D eigenvalue weighted by Gasteiger charge is -2.31. The fourth-order valence-corrected chi connectivity index (χ4v) is 5.02. The number of ether oxygens (including phenoxy) is 3. The van der Waals surface area contributed by atoms with Gasteiger partial charge >= 0.3 is 5.97 Å². The second-order valence-corrected chi connectivity index (χ2v) is 10.0. The molecule has 0 unspecified atom stereocenters. The van der Waals surface area contributed by atoms with Crippen molar-refractivity contribution in [2.24, 2.45) is 5.92 Å². The van der Waals surface area contributed by atoms with E-state index in [-0.39, 0.29) is 5.97 Å². The van der Waals surface area contributed by atoms with Gasteiger partial charge < -0.3 is 19.5 Å². The molecule has 1 aliphatic rings. The highest BCUT2D eigenvalue weighted by molar-refractivity contribution is 9.10. The fourth-order valence-electron chi connectivity index (χ4n) is 4.62. The van der Waals surface area contributed by atoms with Gasteiger partial charge in [0.15, 0.2) is 11.5 Å². The first-order chi connectivity index (χ1) is 18.1. The van der Waals surface area contributed by atoms with E-state index in [4.69, 9.17) is 14.2 Å². The number of anilines is 2. The molecule has 37 heavy (non-hydrogen) atoms. The summed E-state index contributed by atoms with van der Waals surface area (Å²) < 4.78 is 18.2. The molecule has 1 aliphatic heterocycles. The van der Waals surface area contributed by atoms with Crippen molar-refractivity contribution < 1.29 is 19.0 Å². The maximum Gasteiger partial charge on any atom is 0.320 e. The Bertz CT molecular complexity index is 1180. The molecule has 3 aromatic rings. The smallest absolute Gasteiger partial charge is 0.320 e. The van der Waals surface area contributed by atoms with Gasteiger partial charge in [0.05, 0.1) is 31.9 Å². The maximum atomic E-state index is 11.7. The number of fused-ring (bicyclic) bond motifs is 1. The minimum atomic E-state index is -0.129. The zero-order chi connectivity index (χ0) is 26.0. The van der Waals surface area contributed by atoms with Crippen LogP contribution in [-0.4, -0.2) is 60.3 Å². The van der Waals surface area contributed by atoms with Gasteiger partial charge in [-0.2, -0.15) is 0 Å². The molecule has 2 aromatic carbocycles. The molecule has 0 saturated carbocycles. The molecule has 2 heterocycles. The van der Waals surface area contributed by atoms with Gasteiger partial charge in [-0.15, -0.1) is 0 Å². The molecular weight excluding hydrogens is 536 g/mol. The minimum absolute atomic E-state index is 0.129. The van der Waals surface area contributed by atoms with Gasteiger partial charge in [-0.05, 0) is 82.8 Å². The fraction of sp³-hybridized carbons (Fsp3) is 0.464. The molecule has 1 N–H and O–H groups in total. The van der Waals surface area contributed by atoms with Gasteiger partial charge in [0, 0.05) is 21.6 Å². The van der Waals surface area contributed by atoms with Crippen LogP contribution in [0, 0.1) is 5.92 Å². The first-order valence-corrected chi connectivity index (χ1v) is 13.8. The Kier molecular flexibility index (Phi) is 9.96. The molecule has 8 nitrogen and oxygen atoms in total. The normalized spacial score (nSPS) is 14.5. The molecule has 1 aromatic heterocycles. The topological polar surface area (TPSA) is 85.8 Å². The third kappa shape index (κ3) is 7.79. The summed E-state index contributed by atoms with van der Waals surface area (Å²) in [6.07, 6.45) is 5.81. The first kappa shape index (κ1) is 27.1. The Balaban J connectivity index is 1.35. The molecule has 0 atom stereocenters. The number of hydrogen-bond donors (Lipinski definition) is 1. The van der Waals surface area contributed by atoms with Gasteiger partial charge in [0.2, 0.25) is 0 Å². The van der Waals surface area contributed by atoms with Crippen LogP contribution < -0.4 is 14.8 Å². The Morgan fingerprint density at radius 1 is 1.08 bits per heavy atom. The average Bonchev–Trinajstić information content (AvgIpc) is 2.88. The standard InChI is InChI=1S/C28H35BrN4O4/c1-3-35-26-17-24-23(28(31-19-30-24)32-22-9-5-8-21(29)15-22)16-25(26)37-14-6-7-20-10-12-33(13-11-20)18-27(34)36-4-2/h5,8-9,15-17,19-20H,3-4,6-7,10-14,18H2,1-2H3,(H,30,31,32). The molecule has 0 spiro atoms. The maximum absolute atomic E-state index is 11.7. The molecular formula is C28H35BrN4O4. The third-order valence-corrected chi connectivity index (χ3v) is 6.96. The lowest BCUT2D eigenvalue weighted by molar-refractivity contribution is -0.144. The average molecular weight is 572 g/mol. The summed E-state index contributed by atoms with van der Waals surface area (Å²) in [6, 6.07) is 11.8. The Labute approximate surface area is 226 Å². The number of carbonyl (C=O) groups is 1. The molecule has 0 radical (unpaired) electrons. The van der Waals surface area contributed by atoms with Gasteiger partial charge in [-0.1, -0.05) is 22.0 Å². The first-order valence-electron chi connectivity index (χ1n) is 13.0. The number of hydrogen-bond acceptors (Lipinski definition) is 8. The van der Waals surface area contributed by atoms with E-state index >= 15 is 0 Å². The van der Waals surface area contributed by atoms with Crippen LogP contribution in [0.2, 0.25) is 0 Å². The van der Waals surface area contributed by atoms with Crippen molar-refractivity contribution in [3.8, 4) is 11.5 Å². The van der Waals surface area contributed by atoms with E-state index in [0.717, 1.165) is 59.8 Å². The predicted octanol–water partition coefficient (Wildman–Crippen LogP) is 5.97. The highest BCUT2D eigenvalue weighted by Crippen LogP contribution is 2.35. The Morgan fingerprint density at radius 3 is 2.65 bits per heavy atom. The van der Waals surface area contributed by atoms with Crippen molar-refractivity contribution in [2.45, 2.75) is 39.5 Å². The molecule has 9 heteroatoms. The number of rotatable bonds is 12. The Morgan fingerprint density at radius 2 is 1.89 bits per heavy atom. The lowest BCUT2D eigenvalue weighted by atomic mass is 9.92. The van der Waals surface area contributed by atoms with Crippen LogP contribution >= 0.6 is 15.9 Å². The zero-order valence-electron chi connectivity index (χ0n) is 21.5. The summed E-state index contributed by atoms with van der Waals surface area (Å²) in [5.74, 6) is 2.63. The molecule has 1 saturated heterocycles. The van der Waals surface area contributed by atoms with Crippen LogP contribution in [0.5, 0.6) is 11.5 Å². The summed E-state index contributed by atoms with van der Waals surface area (Å²) in [5.41, 5.74) is 1.72. The number of nitrogens with zero attached hydrogens (tertiary/aromatic N) is 3. The number of esters is 1. The number of likely N-dealkylation sites (tertiary alicyclic amines) is 1. The number of aromatic nitrogens is 2. The number of nitrogens with one attached hydrogen (secondary N) is 1. The summed E-state index contributed by atoms with van der Waals surface area (Å²) in [5, 5.41) is 4.26. The molecule has 4 rings (SSSR count). The number of halogens is 1. The monoisotopic (exact) mass is 570 g/mol. The summed E-state index contributed by atoms with van der Waals surface area (Å²) in [4.78, 5) is 22.8. The van der Waals surface area contributed by atoms with Crippen LogP contribution in [0.15, 0.2) is 47.2 Å². The second kappa shape index (κ2) is 13.6. The molecule has 1 fully saturated rings. The van der Waals surface area contributed by atoms with E-state index in [1.54, 1.807) is 6.33 Å². The van der Waals surface area contributed by atoms with Gasteiger partial charge in [0.25, 0.3) is 0 Å². The Hall–Kier alpha value is -2.91. The summed E-state index contributed by atoms with van der Waals surface area (Å²) in [7, 11) is 0. The SMILES string of the molecule is CCOC(=O)CN1CCC(CCCOc2cc3c(Nc4cccc(Br)c4)ncnc3cc2OCC)CC1. The van der Waals surface area contributed by atoms with Gasteiger partial charge in [0.1, 0.15) is 12.1 Å². The second-order valence-electron chi connectivity index (χ2n) is 9.12. The van der Waals surface area contributed by atoms with Crippen molar-refractivity contribution in [2.75, 3.05) is 44.8 Å². The molecule has 0 aliphatic carbocycles. The third-order valence-electron chi connectivity index (χ3n) is 6.47. The van der Waals surface area contributed by atoms with E-state index in [0.29, 0.717) is 49.6 Å². The number of piperidine rings is 1. The largest absolute Gasteiger partial charge is 0.490 e. The van der Waals surface area contributed by atoms with Gasteiger partial charge in [-0.25, -0.2) is 9.97 Å². The van der Waals surface area contributed by atoms with Crippen molar-refractivity contribution in [1.82, 2.24) is 14.9 Å². The van der Waals surface area contributed by atoms with Crippen LogP contribution in [-0.2, 0) is 9.53 Å². The van der Waals surface area contributed by atoms with E-state index < -0.39 is 0 Å². The molecule has 0 bridgehead atoms. The van der Waals surface area contributed by atoms with Crippen molar-refractivity contribution in [3.05, 3.63) is 47.2 Å². The lowest BCUT2D eigenvalue weighted by Crippen LogP contribution is -2.38. The van der Waals surface area contributed by atoms with Crippen molar-refractivity contribution in [3.63, 3.8) is 0 Å². The van der Waals surface area contributed by atoms with E-state index in [9.17, 15) is 4.79 Å². The van der Waals surface area contributed by atoms with Crippen LogP contribution in [0.25, 0.3) is 10.9 Å². The quantitative estimate of drug-likeness (QED) is 0.210.